The first-order chi connectivity index (χ1) is 16.0. The van der Waals surface area contributed by atoms with E-state index in [1.165, 1.54) is 0 Å². The molecule has 0 aliphatic heterocycles. The standard InChI is InChI=1S/C23H12Cl2N6O2/c1-2-19(30-33-12-11-26)21-23(32)31-22(29-28-21)20(15-5-9-17(25)10-6-15)18(13-27-31)14-3-7-16(24)8-4-14/h1,3-10,13H,12H2/b30-19+. The van der Waals surface area contributed by atoms with Crippen molar-refractivity contribution in [3.63, 3.8) is 0 Å². The van der Waals surface area contributed by atoms with Crippen molar-refractivity contribution >= 4 is 34.6 Å². The molecule has 0 saturated heterocycles. The molecule has 8 nitrogen and oxygen atoms in total. The summed E-state index contributed by atoms with van der Waals surface area (Å²) in [5.74, 6) is 2.22. The number of halogens is 2. The molecule has 0 saturated carbocycles. The predicted octanol–water partition coefficient (Wildman–Crippen LogP) is 4.00. The van der Waals surface area contributed by atoms with Crippen molar-refractivity contribution in [3.05, 3.63) is 80.8 Å². The Balaban J connectivity index is 1.99. The van der Waals surface area contributed by atoms with Crippen LogP contribution in [0.5, 0.6) is 0 Å². The van der Waals surface area contributed by atoms with Crippen LogP contribution in [0.1, 0.15) is 5.69 Å². The SMILES string of the molecule is C#C/C(=N\OCC#N)c1nnc2c(-c3ccc(Cl)cc3)c(-c3ccc(Cl)cc3)cnn2c1=O. The van der Waals surface area contributed by atoms with Crippen LogP contribution in [-0.2, 0) is 4.84 Å². The van der Waals surface area contributed by atoms with Crippen LogP contribution in [0.3, 0.4) is 0 Å². The third kappa shape index (κ3) is 4.39. The first-order valence-electron chi connectivity index (χ1n) is 9.38. The highest BCUT2D eigenvalue weighted by atomic mass is 35.5. The molecule has 0 unspecified atom stereocenters. The van der Waals surface area contributed by atoms with E-state index in [0.717, 1.165) is 15.6 Å². The molecule has 0 N–H and O–H groups in total. The molecule has 0 aliphatic carbocycles. The zero-order valence-electron chi connectivity index (χ0n) is 16.7. The Kier molecular flexibility index (Phi) is 6.32. The molecule has 2 aromatic carbocycles. The summed E-state index contributed by atoms with van der Waals surface area (Å²) in [4.78, 5) is 17.9. The number of terminal acetylenes is 1. The number of benzene rings is 2. The molecule has 2 aromatic heterocycles. The van der Waals surface area contributed by atoms with E-state index in [9.17, 15) is 4.79 Å². The van der Waals surface area contributed by atoms with Crippen LogP contribution in [0.2, 0.25) is 10.0 Å². The Bertz CT molecular complexity index is 1520. The molecular formula is C23H12Cl2N6O2. The molecule has 0 aliphatic rings. The second kappa shape index (κ2) is 9.49. The van der Waals surface area contributed by atoms with Crippen LogP contribution in [0.15, 0.2) is 64.7 Å². The second-order valence-electron chi connectivity index (χ2n) is 6.55. The maximum absolute atomic E-state index is 13.2. The Morgan fingerprint density at radius 1 is 1.06 bits per heavy atom. The Hall–Kier alpha value is -4.24. The van der Waals surface area contributed by atoms with E-state index in [1.54, 1.807) is 48.7 Å². The molecule has 0 bridgehead atoms. The number of hydrogen-bond acceptors (Lipinski definition) is 7. The van der Waals surface area contributed by atoms with E-state index in [2.05, 4.69) is 26.4 Å². The first-order valence-corrected chi connectivity index (χ1v) is 10.1. The summed E-state index contributed by atoms with van der Waals surface area (Å²) in [7, 11) is 0. The lowest BCUT2D eigenvalue weighted by Gasteiger charge is -2.13. The number of rotatable bonds is 5. The normalized spacial score (nSPS) is 11.1. The lowest BCUT2D eigenvalue weighted by molar-refractivity contribution is 0.179. The van der Waals surface area contributed by atoms with Crippen LogP contribution >= 0.6 is 23.2 Å². The summed E-state index contributed by atoms with van der Waals surface area (Å²) < 4.78 is 1.09. The predicted molar refractivity (Wildman–Crippen MR) is 125 cm³/mol. The summed E-state index contributed by atoms with van der Waals surface area (Å²) in [6.45, 7) is -0.336. The minimum absolute atomic E-state index is 0.200. The number of hydrogen-bond donors (Lipinski definition) is 0. The summed E-state index contributed by atoms with van der Waals surface area (Å²) in [6.07, 6.45) is 6.99. The highest BCUT2D eigenvalue weighted by molar-refractivity contribution is 6.31. The van der Waals surface area contributed by atoms with E-state index in [-0.39, 0.29) is 23.7 Å². The van der Waals surface area contributed by atoms with E-state index in [0.29, 0.717) is 21.2 Å². The topological polar surface area (TPSA) is 106 Å². The Labute approximate surface area is 197 Å². The smallest absolute Gasteiger partial charge is 0.303 e. The highest BCUT2D eigenvalue weighted by Crippen LogP contribution is 2.34. The zero-order chi connectivity index (χ0) is 23.4. The number of nitrogens with zero attached hydrogens (tertiary/aromatic N) is 6. The van der Waals surface area contributed by atoms with E-state index in [1.807, 2.05) is 12.1 Å². The Morgan fingerprint density at radius 3 is 2.30 bits per heavy atom. The number of oxime groups is 1. The molecule has 160 valence electrons. The Morgan fingerprint density at radius 2 is 1.70 bits per heavy atom. The fourth-order valence-corrected chi connectivity index (χ4v) is 3.36. The van der Waals surface area contributed by atoms with Crippen molar-refractivity contribution in [2.75, 3.05) is 6.61 Å². The van der Waals surface area contributed by atoms with Gasteiger partial charge >= 0.3 is 5.56 Å². The third-order valence-corrected chi connectivity index (χ3v) is 5.07. The molecule has 4 aromatic rings. The van der Waals surface area contributed by atoms with Crippen molar-refractivity contribution in [1.82, 2.24) is 19.8 Å². The molecule has 33 heavy (non-hydrogen) atoms. The molecule has 2 heterocycles. The van der Waals surface area contributed by atoms with Crippen LogP contribution in [0.25, 0.3) is 27.9 Å². The molecule has 0 atom stereocenters. The largest absolute Gasteiger partial charge is 0.379 e. The van der Waals surface area contributed by atoms with Gasteiger partial charge in [-0.05, 0) is 41.3 Å². The molecular weight excluding hydrogens is 463 g/mol. The minimum atomic E-state index is -0.643. The third-order valence-electron chi connectivity index (χ3n) is 4.57. The average Bonchev–Trinajstić information content (AvgIpc) is 2.83. The van der Waals surface area contributed by atoms with E-state index < -0.39 is 5.56 Å². The summed E-state index contributed by atoms with van der Waals surface area (Å²) in [5.41, 5.74) is 2.00. The summed E-state index contributed by atoms with van der Waals surface area (Å²) in [6, 6.07) is 16.0. The van der Waals surface area contributed by atoms with Gasteiger partial charge in [0, 0.05) is 21.2 Å². The van der Waals surface area contributed by atoms with Crippen LogP contribution in [0.4, 0.5) is 0 Å². The van der Waals surface area contributed by atoms with Gasteiger partial charge in [-0.3, -0.25) is 4.79 Å². The van der Waals surface area contributed by atoms with Gasteiger partial charge in [0.2, 0.25) is 6.61 Å². The molecule has 0 fully saturated rings. The van der Waals surface area contributed by atoms with Crippen molar-refractivity contribution in [1.29, 1.82) is 5.26 Å². The fourth-order valence-electron chi connectivity index (χ4n) is 3.10. The van der Waals surface area contributed by atoms with Gasteiger partial charge in [0.1, 0.15) is 6.07 Å². The fraction of sp³-hybridized carbons (Fsp3) is 0.0435. The zero-order valence-corrected chi connectivity index (χ0v) is 18.2. The molecule has 0 amide bonds. The van der Waals surface area contributed by atoms with E-state index in [4.69, 9.17) is 39.7 Å². The molecule has 0 spiro atoms. The number of fused-ring (bicyclic) bond motifs is 1. The summed E-state index contributed by atoms with van der Waals surface area (Å²) >= 11 is 12.1. The van der Waals surface area contributed by atoms with Crippen molar-refractivity contribution in [2.45, 2.75) is 0 Å². The summed E-state index contributed by atoms with van der Waals surface area (Å²) in [5, 5.41) is 25.9. The maximum Gasteiger partial charge on any atom is 0.303 e. The van der Waals surface area contributed by atoms with Crippen LogP contribution in [0, 0.1) is 23.7 Å². The van der Waals surface area contributed by atoms with Gasteiger partial charge in [0.15, 0.2) is 17.1 Å². The lowest BCUT2D eigenvalue weighted by atomic mass is 9.97. The number of nitriles is 1. The van der Waals surface area contributed by atoms with Gasteiger partial charge in [-0.2, -0.15) is 14.9 Å². The average molecular weight is 475 g/mol. The van der Waals surface area contributed by atoms with Crippen LogP contribution in [-0.4, -0.2) is 32.1 Å². The quantitative estimate of drug-likeness (QED) is 0.187. The maximum atomic E-state index is 13.2. The monoisotopic (exact) mass is 474 g/mol. The van der Waals surface area contributed by atoms with Gasteiger partial charge in [-0.1, -0.05) is 52.6 Å². The van der Waals surface area contributed by atoms with E-state index >= 15 is 0 Å². The minimum Gasteiger partial charge on any atom is -0.379 e. The first kappa shape index (κ1) is 22.0. The molecule has 4 rings (SSSR count). The van der Waals surface area contributed by atoms with Crippen molar-refractivity contribution < 1.29 is 4.84 Å². The van der Waals surface area contributed by atoms with Gasteiger partial charge < -0.3 is 4.84 Å². The van der Waals surface area contributed by atoms with Gasteiger partial charge in [0.25, 0.3) is 0 Å². The number of aromatic nitrogens is 4. The van der Waals surface area contributed by atoms with Crippen LogP contribution < -0.4 is 5.56 Å². The highest BCUT2D eigenvalue weighted by Gasteiger charge is 2.19. The lowest BCUT2D eigenvalue weighted by Crippen LogP contribution is -2.27. The van der Waals surface area contributed by atoms with Gasteiger partial charge in [0.05, 0.1) is 6.20 Å². The molecule has 10 heteroatoms. The molecule has 0 radical (unpaired) electrons. The van der Waals surface area contributed by atoms with Gasteiger partial charge in [-0.15, -0.1) is 16.6 Å². The van der Waals surface area contributed by atoms with Crippen molar-refractivity contribution in [3.8, 4) is 40.7 Å². The second-order valence-corrected chi connectivity index (χ2v) is 7.42. The van der Waals surface area contributed by atoms with Gasteiger partial charge in [-0.25, -0.2) is 0 Å². The van der Waals surface area contributed by atoms with Crippen molar-refractivity contribution in [2.24, 2.45) is 5.16 Å².